The quantitative estimate of drug-likeness (QED) is 0.698. The zero-order chi connectivity index (χ0) is 10.8. The highest BCUT2D eigenvalue weighted by molar-refractivity contribution is 5.88. The fourth-order valence-electron chi connectivity index (χ4n) is 0.810. The molecule has 0 bridgehead atoms. The number of nitrogens with zero attached hydrogens (tertiary/aromatic N) is 2. The Bertz CT molecular complexity index is 332. The van der Waals surface area contributed by atoms with Crippen LogP contribution in [0.2, 0.25) is 0 Å². The van der Waals surface area contributed by atoms with E-state index in [4.69, 9.17) is 0 Å². The van der Waals surface area contributed by atoms with Crippen molar-refractivity contribution in [1.29, 1.82) is 0 Å². The molecule has 7 heteroatoms. The van der Waals surface area contributed by atoms with Crippen molar-refractivity contribution in [2.75, 3.05) is 6.61 Å². The molecule has 0 N–H and O–H groups in total. The number of rotatable bonds is 3. The van der Waals surface area contributed by atoms with Gasteiger partial charge in [-0.15, -0.1) is 0 Å². The predicted octanol–water partition coefficient (Wildman–Crippen LogP) is 1.36. The van der Waals surface area contributed by atoms with Gasteiger partial charge in [0.15, 0.2) is 5.69 Å². The molecule has 0 radical (unpaired) electrons. The van der Waals surface area contributed by atoms with Crippen LogP contribution in [-0.4, -0.2) is 22.9 Å². The van der Waals surface area contributed by atoms with E-state index in [1.54, 1.807) is 6.92 Å². The third-order valence-corrected chi connectivity index (χ3v) is 1.37. The first-order valence-corrected chi connectivity index (χ1v) is 3.84. The third kappa shape index (κ3) is 2.04. The summed E-state index contributed by atoms with van der Waals surface area (Å²) in [5.74, 6) is -4.24. The van der Waals surface area contributed by atoms with E-state index in [2.05, 4.69) is 19.7 Å². The van der Waals surface area contributed by atoms with Crippen molar-refractivity contribution >= 4 is 5.97 Å². The molecule has 1 heterocycles. The van der Waals surface area contributed by atoms with Gasteiger partial charge in [-0.1, -0.05) is 0 Å². The van der Waals surface area contributed by atoms with E-state index in [9.17, 15) is 13.6 Å². The lowest BCUT2D eigenvalue weighted by Gasteiger charge is -2.05. The SMILES string of the molecule is CCOC(=O)c1nonc1C(C)(F)F. The minimum absolute atomic E-state index is 0.0699. The van der Waals surface area contributed by atoms with Gasteiger partial charge in [0.25, 0.3) is 5.92 Å². The Kier molecular flexibility index (Phi) is 2.78. The van der Waals surface area contributed by atoms with Gasteiger partial charge in [0.1, 0.15) is 0 Å². The van der Waals surface area contributed by atoms with Gasteiger partial charge in [-0.25, -0.2) is 9.42 Å². The number of halogens is 2. The summed E-state index contributed by atoms with van der Waals surface area (Å²) in [7, 11) is 0. The number of esters is 1. The van der Waals surface area contributed by atoms with Crippen LogP contribution in [0.4, 0.5) is 8.78 Å². The van der Waals surface area contributed by atoms with Crippen LogP contribution in [0, 0.1) is 0 Å². The Morgan fingerprint density at radius 2 is 2.21 bits per heavy atom. The first-order chi connectivity index (χ1) is 6.46. The molecule has 1 aromatic heterocycles. The summed E-state index contributed by atoms with van der Waals surface area (Å²) in [6.45, 7) is 2.21. The number of carbonyl (C=O) groups is 1. The molecule has 0 aliphatic rings. The van der Waals surface area contributed by atoms with Gasteiger partial charge in [-0.05, 0) is 17.2 Å². The second-order valence-corrected chi connectivity index (χ2v) is 2.57. The molecule has 0 aromatic carbocycles. The Balaban J connectivity index is 2.99. The minimum Gasteiger partial charge on any atom is -0.461 e. The van der Waals surface area contributed by atoms with Crippen molar-refractivity contribution in [3.8, 4) is 0 Å². The Morgan fingerprint density at radius 1 is 1.57 bits per heavy atom. The van der Waals surface area contributed by atoms with Gasteiger partial charge in [-0.2, -0.15) is 8.78 Å². The first-order valence-electron chi connectivity index (χ1n) is 3.84. The second kappa shape index (κ2) is 3.69. The highest BCUT2D eigenvalue weighted by Gasteiger charge is 2.36. The van der Waals surface area contributed by atoms with Crippen LogP contribution in [0.25, 0.3) is 0 Å². The molecule has 1 rings (SSSR count). The number of alkyl halides is 2. The molecular weight excluding hydrogens is 198 g/mol. The van der Waals surface area contributed by atoms with E-state index < -0.39 is 23.3 Å². The van der Waals surface area contributed by atoms with Gasteiger partial charge in [0, 0.05) is 6.92 Å². The van der Waals surface area contributed by atoms with Crippen LogP contribution in [-0.2, 0) is 10.7 Å². The highest BCUT2D eigenvalue weighted by atomic mass is 19.3. The molecule has 0 aliphatic carbocycles. The van der Waals surface area contributed by atoms with E-state index in [0.29, 0.717) is 6.92 Å². The molecular formula is C7H8F2N2O3. The first kappa shape index (κ1) is 10.6. The summed E-state index contributed by atoms with van der Waals surface area (Å²) in [5, 5.41) is 6.01. The van der Waals surface area contributed by atoms with Crippen LogP contribution in [0.15, 0.2) is 4.63 Å². The Hall–Kier alpha value is -1.53. The largest absolute Gasteiger partial charge is 0.461 e. The fourth-order valence-corrected chi connectivity index (χ4v) is 0.810. The highest BCUT2D eigenvalue weighted by Crippen LogP contribution is 2.27. The van der Waals surface area contributed by atoms with E-state index in [0.717, 1.165) is 0 Å². The summed E-state index contributed by atoms with van der Waals surface area (Å²) < 4.78 is 34.1. The van der Waals surface area contributed by atoms with Crippen LogP contribution >= 0.6 is 0 Å². The van der Waals surface area contributed by atoms with Gasteiger partial charge in [-0.3, -0.25) is 0 Å². The Morgan fingerprint density at radius 3 is 2.71 bits per heavy atom. The number of hydrogen-bond acceptors (Lipinski definition) is 5. The summed E-state index contributed by atoms with van der Waals surface area (Å²) >= 11 is 0. The van der Waals surface area contributed by atoms with Gasteiger partial charge >= 0.3 is 5.97 Å². The van der Waals surface area contributed by atoms with Crippen molar-refractivity contribution < 1.29 is 22.9 Å². The van der Waals surface area contributed by atoms with Crippen LogP contribution in [0.5, 0.6) is 0 Å². The second-order valence-electron chi connectivity index (χ2n) is 2.57. The average molecular weight is 206 g/mol. The molecule has 0 saturated carbocycles. The predicted molar refractivity (Wildman–Crippen MR) is 39.8 cm³/mol. The van der Waals surface area contributed by atoms with Gasteiger partial charge < -0.3 is 4.74 Å². The number of ether oxygens (including phenoxy) is 1. The monoisotopic (exact) mass is 206 g/mol. The Labute approximate surface area is 78.0 Å². The summed E-state index contributed by atoms with van der Waals surface area (Å²) in [6, 6.07) is 0. The average Bonchev–Trinajstić information content (AvgIpc) is 2.50. The van der Waals surface area contributed by atoms with Gasteiger partial charge in [0.2, 0.25) is 5.69 Å². The maximum absolute atomic E-state index is 12.8. The molecule has 78 valence electrons. The summed E-state index contributed by atoms with van der Waals surface area (Å²) in [6.07, 6.45) is 0. The van der Waals surface area contributed by atoms with Crippen molar-refractivity contribution in [2.24, 2.45) is 0 Å². The van der Waals surface area contributed by atoms with Gasteiger partial charge in [0.05, 0.1) is 6.61 Å². The smallest absolute Gasteiger partial charge is 0.362 e. The lowest BCUT2D eigenvalue weighted by molar-refractivity contribution is 0.00724. The zero-order valence-electron chi connectivity index (χ0n) is 7.58. The summed E-state index contributed by atoms with van der Waals surface area (Å²) in [5.41, 5.74) is -1.39. The molecule has 0 saturated heterocycles. The normalized spacial score (nSPS) is 11.4. The molecule has 0 atom stereocenters. The molecule has 0 spiro atoms. The number of hydrogen-bond donors (Lipinski definition) is 0. The standard InChI is InChI=1S/C7H8F2N2O3/c1-3-13-6(12)4-5(7(2,8)9)11-14-10-4/h3H2,1-2H3. The lowest BCUT2D eigenvalue weighted by Crippen LogP contribution is -2.16. The van der Waals surface area contributed by atoms with E-state index in [1.807, 2.05) is 0 Å². The van der Waals surface area contributed by atoms with Crippen LogP contribution in [0.3, 0.4) is 0 Å². The number of aromatic nitrogens is 2. The molecule has 14 heavy (non-hydrogen) atoms. The molecule has 0 unspecified atom stereocenters. The third-order valence-electron chi connectivity index (χ3n) is 1.37. The van der Waals surface area contributed by atoms with Crippen molar-refractivity contribution in [3.05, 3.63) is 11.4 Å². The minimum atomic E-state index is -3.28. The van der Waals surface area contributed by atoms with Crippen LogP contribution < -0.4 is 0 Å². The molecule has 0 amide bonds. The zero-order valence-corrected chi connectivity index (χ0v) is 7.58. The van der Waals surface area contributed by atoms with E-state index in [-0.39, 0.29) is 6.61 Å². The van der Waals surface area contributed by atoms with Crippen molar-refractivity contribution in [1.82, 2.24) is 10.3 Å². The molecule has 1 aromatic rings. The molecule has 0 fully saturated rings. The lowest BCUT2D eigenvalue weighted by atomic mass is 10.2. The number of carbonyl (C=O) groups excluding carboxylic acids is 1. The fraction of sp³-hybridized carbons (Fsp3) is 0.571. The molecule has 0 aliphatic heterocycles. The maximum atomic E-state index is 12.8. The van der Waals surface area contributed by atoms with E-state index >= 15 is 0 Å². The summed E-state index contributed by atoms with van der Waals surface area (Å²) in [4.78, 5) is 11.1. The van der Waals surface area contributed by atoms with Crippen molar-refractivity contribution in [3.63, 3.8) is 0 Å². The van der Waals surface area contributed by atoms with Crippen molar-refractivity contribution in [2.45, 2.75) is 19.8 Å². The van der Waals surface area contributed by atoms with Crippen LogP contribution in [0.1, 0.15) is 30.0 Å². The molecule has 5 nitrogen and oxygen atoms in total. The van der Waals surface area contributed by atoms with E-state index in [1.165, 1.54) is 0 Å². The topological polar surface area (TPSA) is 65.2 Å². The maximum Gasteiger partial charge on any atom is 0.362 e.